The zero-order valence-corrected chi connectivity index (χ0v) is 7.63. The third-order valence-corrected chi connectivity index (χ3v) is 2.05. The predicted molar refractivity (Wildman–Crippen MR) is 51.0 cm³/mol. The number of benzene rings is 1. The van der Waals surface area contributed by atoms with Crippen molar-refractivity contribution in [3.05, 3.63) is 35.6 Å². The number of carbonyl (C=O) groups is 1. The van der Waals surface area contributed by atoms with Crippen molar-refractivity contribution >= 4 is 16.8 Å². The van der Waals surface area contributed by atoms with Gasteiger partial charge in [0, 0.05) is 10.9 Å². The van der Waals surface area contributed by atoms with Crippen LogP contribution >= 0.6 is 0 Å². The fourth-order valence-corrected chi connectivity index (χ4v) is 1.38. The van der Waals surface area contributed by atoms with Crippen LogP contribution in [0.5, 0.6) is 0 Å². The molecule has 0 radical (unpaired) electrons. The minimum absolute atomic E-state index is 0.0657. The molecule has 2 nitrogen and oxygen atoms in total. The molecule has 0 fully saturated rings. The summed E-state index contributed by atoms with van der Waals surface area (Å²) in [4.78, 5) is 11.1. The van der Waals surface area contributed by atoms with Crippen molar-refractivity contribution in [3.8, 4) is 0 Å². The summed E-state index contributed by atoms with van der Waals surface area (Å²) < 4.78 is 5.41. The van der Waals surface area contributed by atoms with Gasteiger partial charge in [-0.25, -0.2) is 0 Å². The van der Waals surface area contributed by atoms with E-state index in [0.29, 0.717) is 5.56 Å². The van der Waals surface area contributed by atoms with Gasteiger partial charge in [0.05, 0.1) is 0 Å². The number of Topliss-reactive ketones (excluding diaryl/α,β-unsaturated/α-hetero) is 1. The van der Waals surface area contributed by atoms with Crippen LogP contribution in [0.1, 0.15) is 23.0 Å². The lowest BCUT2D eigenvalue weighted by Crippen LogP contribution is -1.89. The fraction of sp³-hybridized carbons (Fsp3) is 0.182. The first-order valence-corrected chi connectivity index (χ1v) is 4.18. The Morgan fingerprint density at radius 1 is 1.31 bits per heavy atom. The van der Waals surface area contributed by atoms with E-state index in [-0.39, 0.29) is 5.78 Å². The van der Waals surface area contributed by atoms with Crippen LogP contribution in [0.2, 0.25) is 0 Å². The summed E-state index contributed by atoms with van der Waals surface area (Å²) >= 11 is 0. The molecular weight excluding hydrogens is 164 g/mol. The summed E-state index contributed by atoms with van der Waals surface area (Å²) in [6, 6.07) is 7.46. The lowest BCUT2D eigenvalue weighted by molar-refractivity contribution is 0.101. The van der Waals surface area contributed by atoms with E-state index in [1.54, 1.807) is 13.0 Å². The first kappa shape index (κ1) is 8.05. The second-order valence-electron chi connectivity index (χ2n) is 3.17. The van der Waals surface area contributed by atoms with Crippen LogP contribution < -0.4 is 0 Å². The highest BCUT2D eigenvalue weighted by molar-refractivity contribution is 5.97. The molecule has 1 aromatic heterocycles. The Bertz CT molecular complexity index is 466. The molecule has 0 aliphatic rings. The van der Waals surface area contributed by atoms with E-state index < -0.39 is 0 Å². The van der Waals surface area contributed by atoms with Crippen LogP contribution in [-0.2, 0) is 0 Å². The molecule has 0 aliphatic heterocycles. The SMILES string of the molecule is CC(=O)c1ccc2cc(C)oc2c1. The standard InChI is InChI=1S/C11H10O2/c1-7-5-10-4-3-9(8(2)12)6-11(10)13-7/h3-6H,1-2H3. The Morgan fingerprint density at radius 2 is 2.08 bits per heavy atom. The average molecular weight is 174 g/mol. The molecule has 0 N–H and O–H groups in total. The highest BCUT2D eigenvalue weighted by Gasteiger charge is 2.03. The normalized spacial score (nSPS) is 10.6. The number of furan rings is 1. The topological polar surface area (TPSA) is 30.2 Å². The number of hydrogen-bond acceptors (Lipinski definition) is 2. The van der Waals surface area contributed by atoms with E-state index >= 15 is 0 Å². The first-order chi connectivity index (χ1) is 6.16. The highest BCUT2D eigenvalue weighted by Crippen LogP contribution is 2.20. The van der Waals surface area contributed by atoms with Crippen LogP contribution in [0.3, 0.4) is 0 Å². The second-order valence-corrected chi connectivity index (χ2v) is 3.17. The highest BCUT2D eigenvalue weighted by atomic mass is 16.3. The minimum atomic E-state index is 0.0657. The number of fused-ring (bicyclic) bond motifs is 1. The molecule has 66 valence electrons. The molecule has 0 bridgehead atoms. The summed E-state index contributed by atoms with van der Waals surface area (Å²) in [5.41, 5.74) is 1.48. The summed E-state index contributed by atoms with van der Waals surface area (Å²) in [5.74, 6) is 0.937. The van der Waals surface area contributed by atoms with E-state index in [0.717, 1.165) is 16.7 Å². The van der Waals surface area contributed by atoms with Gasteiger partial charge in [-0.05, 0) is 26.0 Å². The monoisotopic (exact) mass is 174 g/mol. The lowest BCUT2D eigenvalue weighted by Gasteiger charge is -1.93. The third kappa shape index (κ3) is 1.35. The molecule has 1 heterocycles. The van der Waals surface area contributed by atoms with Crippen LogP contribution in [0.4, 0.5) is 0 Å². The summed E-state index contributed by atoms with van der Waals surface area (Å²) in [7, 11) is 0. The summed E-state index contributed by atoms with van der Waals surface area (Å²) in [6.07, 6.45) is 0. The van der Waals surface area contributed by atoms with Crippen molar-refractivity contribution in [2.24, 2.45) is 0 Å². The van der Waals surface area contributed by atoms with Crippen molar-refractivity contribution in [3.63, 3.8) is 0 Å². The molecule has 0 aliphatic carbocycles. The molecule has 0 amide bonds. The summed E-state index contributed by atoms with van der Waals surface area (Å²) in [6.45, 7) is 3.45. The fourth-order valence-electron chi connectivity index (χ4n) is 1.38. The molecule has 0 saturated carbocycles. The maximum Gasteiger partial charge on any atom is 0.159 e. The Kier molecular flexibility index (Phi) is 1.69. The van der Waals surface area contributed by atoms with E-state index in [1.165, 1.54) is 0 Å². The molecule has 2 aromatic rings. The largest absolute Gasteiger partial charge is 0.461 e. The van der Waals surface area contributed by atoms with Gasteiger partial charge in [0.15, 0.2) is 5.78 Å². The molecule has 0 atom stereocenters. The van der Waals surface area contributed by atoms with Gasteiger partial charge in [0.25, 0.3) is 0 Å². The zero-order valence-electron chi connectivity index (χ0n) is 7.63. The van der Waals surface area contributed by atoms with Crippen LogP contribution in [0, 0.1) is 6.92 Å². The van der Waals surface area contributed by atoms with Gasteiger partial charge in [-0.15, -0.1) is 0 Å². The quantitative estimate of drug-likeness (QED) is 0.622. The van der Waals surface area contributed by atoms with Crippen molar-refractivity contribution in [1.29, 1.82) is 0 Å². The average Bonchev–Trinajstić information content (AvgIpc) is 2.42. The van der Waals surface area contributed by atoms with Gasteiger partial charge in [0.2, 0.25) is 0 Å². The number of ketones is 1. The van der Waals surface area contributed by atoms with E-state index in [9.17, 15) is 4.79 Å². The van der Waals surface area contributed by atoms with Gasteiger partial charge >= 0.3 is 0 Å². The number of aryl methyl sites for hydroxylation is 1. The Hall–Kier alpha value is -1.57. The maximum absolute atomic E-state index is 11.1. The summed E-state index contributed by atoms with van der Waals surface area (Å²) in [5, 5.41) is 1.04. The number of hydrogen-bond donors (Lipinski definition) is 0. The minimum Gasteiger partial charge on any atom is -0.461 e. The van der Waals surface area contributed by atoms with Crippen molar-refractivity contribution in [1.82, 2.24) is 0 Å². The molecule has 2 rings (SSSR count). The second kappa shape index (κ2) is 2.73. The van der Waals surface area contributed by atoms with Gasteiger partial charge in [0.1, 0.15) is 11.3 Å². The van der Waals surface area contributed by atoms with Crippen molar-refractivity contribution < 1.29 is 9.21 Å². The van der Waals surface area contributed by atoms with E-state index in [2.05, 4.69) is 0 Å². The molecule has 0 spiro atoms. The van der Waals surface area contributed by atoms with Gasteiger partial charge in [-0.3, -0.25) is 4.79 Å². The number of rotatable bonds is 1. The van der Waals surface area contributed by atoms with Crippen molar-refractivity contribution in [2.45, 2.75) is 13.8 Å². The van der Waals surface area contributed by atoms with E-state index in [1.807, 2.05) is 25.1 Å². The van der Waals surface area contributed by atoms with Gasteiger partial charge in [-0.1, -0.05) is 12.1 Å². The lowest BCUT2D eigenvalue weighted by atomic mass is 10.1. The molecule has 13 heavy (non-hydrogen) atoms. The Morgan fingerprint density at radius 3 is 2.77 bits per heavy atom. The molecule has 0 saturated heterocycles. The Labute approximate surface area is 76.2 Å². The molecule has 2 heteroatoms. The Balaban J connectivity index is 2.67. The van der Waals surface area contributed by atoms with Gasteiger partial charge in [-0.2, -0.15) is 0 Å². The van der Waals surface area contributed by atoms with Gasteiger partial charge < -0.3 is 4.42 Å². The van der Waals surface area contributed by atoms with Crippen molar-refractivity contribution in [2.75, 3.05) is 0 Å². The van der Waals surface area contributed by atoms with Crippen LogP contribution in [-0.4, -0.2) is 5.78 Å². The van der Waals surface area contributed by atoms with E-state index in [4.69, 9.17) is 4.42 Å². The zero-order chi connectivity index (χ0) is 9.42. The molecule has 0 unspecified atom stereocenters. The predicted octanol–water partition coefficient (Wildman–Crippen LogP) is 2.94. The molecular formula is C11H10O2. The third-order valence-electron chi connectivity index (χ3n) is 2.05. The van der Waals surface area contributed by atoms with Crippen LogP contribution in [0.25, 0.3) is 11.0 Å². The van der Waals surface area contributed by atoms with Crippen LogP contribution in [0.15, 0.2) is 28.7 Å². The maximum atomic E-state index is 11.1. The smallest absolute Gasteiger partial charge is 0.159 e. The molecule has 1 aromatic carbocycles. The number of carbonyl (C=O) groups excluding carboxylic acids is 1. The first-order valence-electron chi connectivity index (χ1n) is 4.18.